The Morgan fingerprint density at radius 2 is 2.08 bits per heavy atom. The van der Waals surface area contributed by atoms with Crippen molar-refractivity contribution in [3.05, 3.63) is 59.7 Å². The highest BCUT2D eigenvalue weighted by Crippen LogP contribution is 2.08. The van der Waals surface area contributed by atoms with Crippen molar-refractivity contribution in [1.82, 2.24) is 15.6 Å². The first-order valence-electron chi connectivity index (χ1n) is 7.48. The van der Waals surface area contributed by atoms with Gasteiger partial charge in [0.15, 0.2) is 5.96 Å². The molecule has 0 fully saturated rings. The van der Waals surface area contributed by atoms with Crippen LogP contribution in [0.5, 0.6) is 0 Å². The van der Waals surface area contributed by atoms with E-state index < -0.39 is 0 Å². The normalized spacial score (nSPS) is 10.6. The number of benzene rings is 1. The maximum atomic E-state index is 13.5. The SMILES string of the molecule is CN=C(NCC(=O)Nc1cccnc1)NCc1ccc(C)c(F)c1.I. The van der Waals surface area contributed by atoms with Gasteiger partial charge >= 0.3 is 0 Å². The van der Waals surface area contributed by atoms with E-state index in [2.05, 4.69) is 25.9 Å². The largest absolute Gasteiger partial charge is 0.352 e. The van der Waals surface area contributed by atoms with Crippen LogP contribution in [0.25, 0.3) is 0 Å². The molecule has 0 radical (unpaired) electrons. The second-order valence-electron chi connectivity index (χ2n) is 5.15. The summed E-state index contributed by atoms with van der Waals surface area (Å²) in [5.41, 5.74) is 2.02. The van der Waals surface area contributed by atoms with Crippen molar-refractivity contribution < 1.29 is 9.18 Å². The number of hydrogen-bond donors (Lipinski definition) is 3. The smallest absolute Gasteiger partial charge is 0.243 e. The zero-order valence-electron chi connectivity index (χ0n) is 14.0. The summed E-state index contributed by atoms with van der Waals surface area (Å²) in [5.74, 6) is -0.00209. The second-order valence-corrected chi connectivity index (χ2v) is 5.15. The minimum absolute atomic E-state index is 0. The summed E-state index contributed by atoms with van der Waals surface area (Å²) in [7, 11) is 1.60. The molecule has 1 aromatic carbocycles. The van der Waals surface area contributed by atoms with Crippen LogP contribution < -0.4 is 16.0 Å². The number of pyridine rings is 1. The highest BCUT2D eigenvalue weighted by atomic mass is 127. The van der Waals surface area contributed by atoms with Gasteiger partial charge in [-0.3, -0.25) is 14.8 Å². The van der Waals surface area contributed by atoms with E-state index >= 15 is 0 Å². The van der Waals surface area contributed by atoms with Crippen molar-refractivity contribution in [3.63, 3.8) is 0 Å². The number of rotatable bonds is 5. The number of carbonyl (C=O) groups excluding carboxylic acids is 1. The van der Waals surface area contributed by atoms with Gasteiger partial charge in [0.25, 0.3) is 0 Å². The maximum absolute atomic E-state index is 13.5. The Hall–Kier alpha value is -2.23. The molecule has 0 spiro atoms. The Kier molecular flexibility index (Phi) is 8.82. The average molecular weight is 457 g/mol. The number of carbonyl (C=O) groups is 1. The lowest BCUT2D eigenvalue weighted by atomic mass is 10.1. The van der Waals surface area contributed by atoms with Gasteiger partial charge < -0.3 is 16.0 Å². The van der Waals surface area contributed by atoms with Crippen LogP contribution in [0.4, 0.5) is 10.1 Å². The van der Waals surface area contributed by atoms with Crippen molar-refractivity contribution in [1.29, 1.82) is 0 Å². The van der Waals surface area contributed by atoms with E-state index in [0.717, 1.165) is 5.56 Å². The van der Waals surface area contributed by atoms with E-state index in [4.69, 9.17) is 0 Å². The number of aryl methyl sites for hydroxylation is 1. The van der Waals surface area contributed by atoms with Crippen LogP contribution in [0.1, 0.15) is 11.1 Å². The standard InChI is InChI=1S/C17H20FN5O.HI/c1-12-5-6-13(8-15(12)18)9-21-17(19-2)22-11-16(24)23-14-4-3-7-20-10-14;/h3-8,10H,9,11H2,1-2H3,(H,23,24)(H2,19,21,22);1H. The number of guanidine groups is 1. The molecular weight excluding hydrogens is 436 g/mol. The molecule has 0 bridgehead atoms. The van der Waals surface area contributed by atoms with E-state index in [1.54, 1.807) is 44.6 Å². The minimum Gasteiger partial charge on any atom is -0.352 e. The van der Waals surface area contributed by atoms with Crippen molar-refractivity contribution >= 4 is 41.5 Å². The molecule has 0 saturated carbocycles. The number of hydrogen-bond acceptors (Lipinski definition) is 3. The predicted octanol–water partition coefficient (Wildman–Crippen LogP) is 2.45. The van der Waals surface area contributed by atoms with Gasteiger partial charge in [0.05, 0.1) is 18.4 Å². The van der Waals surface area contributed by atoms with Crippen molar-refractivity contribution in [3.8, 4) is 0 Å². The summed E-state index contributed by atoms with van der Waals surface area (Å²) in [5, 5.41) is 8.64. The molecule has 0 aliphatic rings. The molecule has 2 aromatic rings. The summed E-state index contributed by atoms with van der Waals surface area (Å²) in [6.07, 6.45) is 3.20. The average Bonchev–Trinajstić information content (AvgIpc) is 2.59. The number of nitrogens with zero attached hydrogens (tertiary/aromatic N) is 2. The van der Waals surface area contributed by atoms with Gasteiger partial charge in [-0.15, -0.1) is 24.0 Å². The fraction of sp³-hybridized carbons (Fsp3) is 0.235. The van der Waals surface area contributed by atoms with Gasteiger partial charge in [-0.05, 0) is 36.2 Å². The number of anilines is 1. The number of aliphatic imine (C=N–C) groups is 1. The van der Waals surface area contributed by atoms with E-state index in [-0.39, 0.29) is 42.2 Å². The summed E-state index contributed by atoms with van der Waals surface area (Å²) in [6, 6.07) is 8.54. The van der Waals surface area contributed by atoms with Crippen LogP contribution in [0.3, 0.4) is 0 Å². The first-order chi connectivity index (χ1) is 11.6. The lowest BCUT2D eigenvalue weighted by Gasteiger charge is -2.12. The van der Waals surface area contributed by atoms with Crippen molar-refractivity contribution in [2.75, 3.05) is 18.9 Å². The van der Waals surface area contributed by atoms with E-state index in [1.807, 2.05) is 6.07 Å². The van der Waals surface area contributed by atoms with Gasteiger partial charge in [0.2, 0.25) is 5.91 Å². The fourth-order valence-corrected chi connectivity index (χ4v) is 1.96. The molecule has 0 aliphatic carbocycles. The molecule has 2 rings (SSSR count). The molecule has 0 unspecified atom stereocenters. The van der Waals surface area contributed by atoms with Gasteiger partial charge in [-0.2, -0.15) is 0 Å². The Morgan fingerprint density at radius 3 is 2.72 bits per heavy atom. The van der Waals surface area contributed by atoms with Crippen LogP contribution >= 0.6 is 24.0 Å². The third-order valence-corrected chi connectivity index (χ3v) is 3.28. The monoisotopic (exact) mass is 457 g/mol. The number of aromatic nitrogens is 1. The predicted molar refractivity (Wildman–Crippen MR) is 108 cm³/mol. The second kappa shape index (κ2) is 10.6. The van der Waals surface area contributed by atoms with Gasteiger partial charge in [-0.25, -0.2) is 4.39 Å². The zero-order valence-corrected chi connectivity index (χ0v) is 16.4. The Balaban J connectivity index is 0.00000312. The van der Waals surface area contributed by atoms with Crippen LogP contribution in [-0.4, -0.2) is 30.4 Å². The number of nitrogens with one attached hydrogen (secondary N) is 3. The summed E-state index contributed by atoms with van der Waals surface area (Å²) in [4.78, 5) is 19.8. The highest BCUT2D eigenvalue weighted by molar-refractivity contribution is 14.0. The molecule has 1 heterocycles. The maximum Gasteiger partial charge on any atom is 0.243 e. The molecule has 0 aliphatic heterocycles. The number of halogens is 2. The number of amides is 1. The highest BCUT2D eigenvalue weighted by Gasteiger charge is 2.05. The third kappa shape index (κ3) is 7.04. The van der Waals surface area contributed by atoms with Gasteiger partial charge in [0.1, 0.15) is 5.82 Å². The van der Waals surface area contributed by atoms with Gasteiger partial charge in [-0.1, -0.05) is 12.1 Å². The zero-order chi connectivity index (χ0) is 17.4. The van der Waals surface area contributed by atoms with E-state index in [1.165, 1.54) is 6.07 Å². The van der Waals surface area contributed by atoms with Crippen LogP contribution in [0, 0.1) is 12.7 Å². The molecule has 8 heteroatoms. The molecule has 6 nitrogen and oxygen atoms in total. The molecule has 134 valence electrons. The summed E-state index contributed by atoms with van der Waals surface area (Å²) >= 11 is 0. The lowest BCUT2D eigenvalue weighted by Crippen LogP contribution is -2.41. The van der Waals surface area contributed by atoms with Crippen molar-refractivity contribution in [2.45, 2.75) is 13.5 Å². The van der Waals surface area contributed by atoms with E-state index in [0.29, 0.717) is 23.8 Å². The Bertz CT molecular complexity index is 724. The molecule has 0 atom stereocenters. The third-order valence-electron chi connectivity index (χ3n) is 3.28. The lowest BCUT2D eigenvalue weighted by molar-refractivity contribution is -0.115. The van der Waals surface area contributed by atoms with Crippen molar-refractivity contribution in [2.24, 2.45) is 4.99 Å². The summed E-state index contributed by atoms with van der Waals surface area (Å²) < 4.78 is 13.5. The quantitative estimate of drug-likeness (QED) is 0.366. The van der Waals surface area contributed by atoms with Crippen LogP contribution in [-0.2, 0) is 11.3 Å². The minimum atomic E-state index is -0.243. The Labute approximate surface area is 163 Å². The molecule has 1 aromatic heterocycles. The molecule has 25 heavy (non-hydrogen) atoms. The first kappa shape index (κ1) is 20.8. The first-order valence-corrected chi connectivity index (χ1v) is 7.48. The fourth-order valence-electron chi connectivity index (χ4n) is 1.96. The molecular formula is C17H21FIN5O. The topological polar surface area (TPSA) is 78.4 Å². The van der Waals surface area contributed by atoms with Crippen LogP contribution in [0.2, 0.25) is 0 Å². The molecule has 3 N–H and O–H groups in total. The molecule has 0 saturated heterocycles. The van der Waals surface area contributed by atoms with Gasteiger partial charge in [0, 0.05) is 19.8 Å². The Morgan fingerprint density at radius 1 is 1.28 bits per heavy atom. The summed E-state index contributed by atoms with van der Waals surface area (Å²) in [6.45, 7) is 2.17. The van der Waals surface area contributed by atoms with Crippen LogP contribution in [0.15, 0.2) is 47.7 Å². The van der Waals surface area contributed by atoms with E-state index in [9.17, 15) is 9.18 Å². The molecule has 1 amide bonds.